The van der Waals surface area contributed by atoms with Gasteiger partial charge in [0.1, 0.15) is 0 Å². The van der Waals surface area contributed by atoms with Crippen molar-refractivity contribution in [2.24, 2.45) is 35.4 Å². The number of nitrogen functional groups attached to an aromatic ring is 1. The fraction of sp³-hybridized carbons (Fsp3) is 0.714. The zero-order valence-electron chi connectivity index (χ0n) is 11.0. The van der Waals surface area contributed by atoms with Crippen molar-refractivity contribution in [1.29, 1.82) is 0 Å². The summed E-state index contributed by atoms with van der Waals surface area (Å²) < 4.78 is 5.33. The van der Waals surface area contributed by atoms with E-state index in [1.54, 1.807) is 0 Å². The summed E-state index contributed by atoms with van der Waals surface area (Å²) in [4.78, 5) is 0. The van der Waals surface area contributed by atoms with Crippen molar-refractivity contribution in [3.05, 3.63) is 12.0 Å². The van der Waals surface area contributed by atoms with Crippen molar-refractivity contribution in [3.8, 4) is 0 Å². The summed E-state index contributed by atoms with van der Waals surface area (Å²) in [5.41, 5.74) is 2.36. The SMILES string of the molecule is NNc1nnc(/C=C/C2C3CC4CC(C3)CC2C4)o1. The fourth-order valence-corrected chi connectivity index (χ4v) is 4.84. The van der Waals surface area contributed by atoms with Gasteiger partial charge >= 0.3 is 6.01 Å². The van der Waals surface area contributed by atoms with Gasteiger partial charge in [0.05, 0.1) is 0 Å². The number of allylic oxidation sites excluding steroid dienone is 1. The maximum atomic E-state index is 5.33. The molecular formula is C14H20N4O. The Kier molecular flexibility index (Phi) is 2.62. The van der Waals surface area contributed by atoms with Crippen LogP contribution < -0.4 is 11.3 Å². The van der Waals surface area contributed by atoms with Crippen molar-refractivity contribution in [3.63, 3.8) is 0 Å². The molecule has 0 amide bonds. The van der Waals surface area contributed by atoms with Gasteiger partial charge in [0, 0.05) is 0 Å². The standard InChI is InChI=1S/C14H20N4O/c15-16-14-18-17-13(19-14)2-1-12-10-4-8-3-9(6-10)7-11(12)5-8/h1-2,8-12H,3-7,15H2,(H,16,18)/b2-1+. The minimum absolute atomic E-state index is 0.268. The molecule has 0 saturated heterocycles. The van der Waals surface area contributed by atoms with Gasteiger partial charge in [-0.2, -0.15) is 0 Å². The van der Waals surface area contributed by atoms with Crippen molar-refractivity contribution < 1.29 is 4.42 Å². The molecule has 0 aliphatic heterocycles. The van der Waals surface area contributed by atoms with E-state index in [1.165, 1.54) is 32.1 Å². The number of nitrogens with zero attached hydrogens (tertiary/aromatic N) is 2. The van der Waals surface area contributed by atoms with Gasteiger partial charge in [-0.3, -0.25) is 5.43 Å². The van der Waals surface area contributed by atoms with Crippen LogP contribution in [0.15, 0.2) is 10.5 Å². The summed E-state index contributed by atoms with van der Waals surface area (Å²) in [6, 6.07) is 0.268. The molecule has 4 fully saturated rings. The van der Waals surface area contributed by atoms with Crippen LogP contribution in [0.1, 0.15) is 38.0 Å². The molecule has 4 bridgehead atoms. The number of aromatic nitrogens is 2. The smallest absolute Gasteiger partial charge is 0.330 e. The molecule has 3 N–H and O–H groups in total. The zero-order chi connectivity index (χ0) is 12.8. The molecule has 0 spiro atoms. The Labute approximate surface area is 112 Å². The lowest BCUT2D eigenvalue weighted by atomic mass is 9.52. The number of anilines is 1. The zero-order valence-corrected chi connectivity index (χ0v) is 11.0. The molecule has 4 aliphatic carbocycles. The van der Waals surface area contributed by atoms with E-state index in [4.69, 9.17) is 10.3 Å². The van der Waals surface area contributed by atoms with E-state index in [1.807, 2.05) is 6.08 Å². The van der Waals surface area contributed by atoms with Crippen LogP contribution in [-0.2, 0) is 0 Å². The first-order valence-corrected chi connectivity index (χ1v) is 7.30. The van der Waals surface area contributed by atoms with Gasteiger partial charge in [-0.05, 0) is 67.8 Å². The molecule has 0 unspecified atom stereocenters. The van der Waals surface area contributed by atoms with E-state index in [0.717, 1.165) is 23.7 Å². The molecule has 5 nitrogen and oxygen atoms in total. The first-order valence-electron chi connectivity index (χ1n) is 7.30. The van der Waals surface area contributed by atoms with Crippen molar-refractivity contribution in [2.75, 3.05) is 5.43 Å². The summed E-state index contributed by atoms with van der Waals surface area (Å²) in [5, 5.41) is 7.73. The first-order chi connectivity index (χ1) is 9.31. The van der Waals surface area contributed by atoms with E-state index >= 15 is 0 Å². The first kappa shape index (κ1) is 11.5. The minimum atomic E-state index is 0.268. The van der Waals surface area contributed by atoms with Crippen molar-refractivity contribution in [2.45, 2.75) is 32.1 Å². The van der Waals surface area contributed by atoms with Crippen LogP contribution >= 0.6 is 0 Å². The van der Waals surface area contributed by atoms with Crippen molar-refractivity contribution in [1.82, 2.24) is 10.2 Å². The maximum absolute atomic E-state index is 5.33. The molecule has 5 rings (SSSR count). The summed E-state index contributed by atoms with van der Waals surface area (Å²) in [7, 11) is 0. The van der Waals surface area contributed by atoms with Crippen LogP contribution in [0.25, 0.3) is 6.08 Å². The molecule has 5 heteroatoms. The van der Waals surface area contributed by atoms with E-state index in [9.17, 15) is 0 Å². The number of hydrogen-bond donors (Lipinski definition) is 2. The van der Waals surface area contributed by atoms with Crippen LogP contribution in [0, 0.1) is 29.6 Å². The van der Waals surface area contributed by atoms with E-state index in [2.05, 4.69) is 21.7 Å². The molecular weight excluding hydrogens is 240 g/mol. The van der Waals surface area contributed by atoms with Crippen LogP contribution in [0.4, 0.5) is 6.01 Å². The Morgan fingerprint density at radius 2 is 1.74 bits per heavy atom. The average Bonchev–Trinajstić information content (AvgIpc) is 2.85. The Balaban J connectivity index is 1.50. The van der Waals surface area contributed by atoms with Crippen LogP contribution in [0.2, 0.25) is 0 Å². The topological polar surface area (TPSA) is 77.0 Å². The molecule has 1 aromatic heterocycles. The second-order valence-corrected chi connectivity index (χ2v) is 6.46. The molecule has 19 heavy (non-hydrogen) atoms. The molecule has 4 aliphatic rings. The summed E-state index contributed by atoms with van der Waals surface area (Å²) in [5.74, 6) is 10.3. The van der Waals surface area contributed by atoms with E-state index in [0.29, 0.717) is 11.8 Å². The summed E-state index contributed by atoms with van der Waals surface area (Å²) in [6.07, 6.45) is 11.5. The quantitative estimate of drug-likeness (QED) is 0.644. The second-order valence-electron chi connectivity index (χ2n) is 6.46. The average molecular weight is 260 g/mol. The van der Waals surface area contributed by atoms with Crippen LogP contribution in [0.5, 0.6) is 0 Å². The predicted molar refractivity (Wildman–Crippen MR) is 71.7 cm³/mol. The number of hydrazine groups is 1. The number of hydrogen-bond acceptors (Lipinski definition) is 5. The lowest BCUT2D eigenvalue weighted by Gasteiger charge is -2.53. The third-order valence-corrected chi connectivity index (χ3v) is 5.32. The third-order valence-electron chi connectivity index (χ3n) is 5.32. The monoisotopic (exact) mass is 260 g/mol. The molecule has 4 saturated carbocycles. The maximum Gasteiger partial charge on any atom is 0.330 e. The predicted octanol–water partition coefficient (Wildman–Crippen LogP) is 2.44. The van der Waals surface area contributed by atoms with Gasteiger partial charge in [0.25, 0.3) is 0 Å². The highest BCUT2D eigenvalue weighted by Crippen LogP contribution is 2.56. The van der Waals surface area contributed by atoms with Gasteiger partial charge < -0.3 is 4.42 Å². The van der Waals surface area contributed by atoms with Crippen LogP contribution in [-0.4, -0.2) is 10.2 Å². The van der Waals surface area contributed by atoms with Gasteiger partial charge in [0.15, 0.2) is 0 Å². The highest BCUT2D eigenvalue weighted by Gasteiger charge is 2.47. The van der Waals surface area contributed by atoms with E-state index < -0.39 is 0 Å². The van der Waals surface area contributed by atoms with Gasteiger partial charge in [-0.25, -0.2) is 5.84 Å². The second kappa shape index (κ2) is 4.34. The van der Waals surface area contributed by atoms with Gasteiger partial charge in [-0.1, -0.05) is 11.2 Å². The lowest BCUT2D eigenvalue weighted by Crippen LogP contribution is -2.44. The normalized spacial score (nSPS) is 40.2. The van der Waals surface area contributed by atoms with Gasteiger partial charge in [0.2, 0.25) is 5.89 Å². The highest BCUT2D eigenvalue weighted by atomic mass is 16.4. The van der Waals surface area contributed by atoms with E-state index in [-0.39, 0.29) is 6.01 Å². The number of nitrogens with two attached hydrogens (primary N) is 1. The molecule has 0 radical (unpaired) electrons. The molecule has 0 atom stereocenters. The minimum Gasteiger partial charge on any atom is -0.403 e. The Hall–Kier alpha value is -1.36. The highest BCUT2D eigenvalue weighted by molar-refractivity contribution is 5.39. The number of rotatable bonds is 3. The third kappa shape index (κ3) is 1.96. The number of nitrogens with one attached hydrogen (secondary N) is 1. The molecule has 1 aromatic rings. The Morgan fingerprint density at radius 1 is 1.05 bits per heavy atom. The molecule has 102 valence electrons. The largest absolute Gasteiger partial charge is 0.403 e. The van der Waals surface area contributed by atoms with Gasteiger partial charge in [-0.15, -0.1) is 5.10 Å². The Bertz CT molecular complexity index is 467. The molecule has 0 aromatic carbocycles. The lowest BCUT2D eigenvalue weighted by molar-refractivity contribution is -0.0158. The van der Waals surface area contributed by atoms with Crippen LogP contribution in [0.3, 0.4) is 0 Å². The van der Waals surface area contributed by atoms with Crippen molar-refractivity contribution >= 4 is 12.1 Å². The fourth-order valence-electron chi connectivity index (χ4n) is 4.84. The Morgan fingerprint density at radius 3 is 2.32 bits per heavy atom. The summed E-state index contributed by atoms with van der Waals surface area (Å²) in [6.45, 7) is 0. The summed E-state index contributed by atoms with van der Waals surface area (Å²) >= 11 is 0. The molecule has 1 heterocycles.